The van der Waals surface area contributed by atoms with Gasteiger partial charge < -0.3 is 14.2 Å². The van der Waals surface area contributed by atoms with E-state index in [1.54, 1.807) is 38.6 Å². The summed E-state index contributed by atoms with van der Waals surface area (Å²) in [6.07, 6.45) is 1.54. The smallest absolute Gasteiger partial charge is 0.254 e. The van der Waals surface area contributed by atoms with Crippen LogP contribution in [0.1, 0.15) is 5.56 Å². The highest BCUT2D eigenvalue weighted by molar-refractivity contribution is 5.86. The van der Waals surface area contributed by atoms with Gasteiger partial charge in [0.05, 0.1) is 40.2 Å². The van der Waals surface area contributed by atoms with E-state index in [9.17, 15) is 4.79 Å². The van der Waals surface area contributed by atoms with E-state index < -0.39 is 0 Å². The summed E-state index contributed by atoms with van der Waals surface area (Å²) in [6.45, 7) is 3.17. The standard InChI is InChI=1S/C15H21N3O4/c1-20-13-3-4-14(21-2)12(9-13)10-16-17-15(19)11-18-5-7-22-8-6-18/h3-4,9-10H,5-8,11H2,1-2H3,(H,17,19)/b16-10-. The van der Waals surface area contributed by atoms with Crippen LogP contribution in [0.4, 0.5) is 0 Å². The third kappa shape index (κ3) is 4.71. The Labute approximate surface area is 129 Å². The van der Waals surface area contributed by atoms with Crippen molar-refractivity contribution in [2.24, 2.45) is 5.10 Å². The van der Waals surface area contributed by atoms with E-state index in [4.69, 9.17) is 14.2 Å². The molecule has 1 heterocycles. The molecule has 2 rings (SSSR count). The third-order valence-corrected chi connectivity index (χ3v) is 3.30. The van der Waals surface area contributed by atoms with Crippen molar-refractivity contribution >= 4 is 12.1 Å². The number of carbonyl (C=O) groups is 1. The number of amides is 1. The quantitative estimate of drug-likeness (QED) is 0.611. The van der Waals surface area contributed by atoms with Crippen molar-refractivity contribution in [2.75, 3.05) is 47.1 Å². The van der Waals surface area contributed by atoms with Gasteiger partial charge in [-0.05, 0) is 18.2 Å². The molecule has 7 nitrogen and oxygen atoms in total. The lowest BCUT2D eigenvalue weighted by atomic mass is 10.2. The molecule has 22 heavy (non-hydrogen) atoms. The molecule has 0 spiro atoms. The number of methoxy groups -OCH3 is 2. The molecule has 1 aliphatic rings. The second-order valence-electron chi connectivity index (χ2n) is 4.79. The first-order valence-electron chi connectivity index (χ1n) is 7.07. The van der Waals surface area contributed by atoms with Gasteiger partial charge in [0.2, 0.25) is 0 Å². The predicted molar refractivity (Wildman–Crippen MR) is 82.5 cm³/mol. The van der Waals surface area contributed by atoms with Gasteiger partial charge in [-0.25, -0.2) is 5.43 Å². The lowest BCUT2D eigenvalue weighted by molar-refractivity contribution is -0.123. The van der Waals surface area contributed by atoms with Crippen molar-refractivity contribution in [3.05, 3.63) is 23.8 Å². The average Bonchev–Trinajstić information content (AvgIpc) is 2.55. The van der Waals surface area contributed by atoms with Gasteiger partial charge in [0, 0.05) is 18.7 Å². The van der Waals surface area contributed by atoms with Gasteiger partial charge in [-0.2, -0.15) is 5.10 Å². The second-order valence-corrected chi connectivity index (χ2v) is 4.79. The normalized spacial score (nSPS) is 15.7. The van der Waals surface area contributed by atoms with Crippen molar-refractivity contribution < 1.29 is 19.0 Å². The summed E-state index contributed by atoms with van der Waals surface area (Å²) in [6, 6.07) is 5.37. The first kappa shape index (κ1) is 16.3. The molecule has 7 heteroatoms. The van der Waals surface area contributed by atoms with Crippen LogP contribution in [-0.4, -0.2) is 64.1 Å². The second kappa shape index (κ2) is 8.35. The van der Waals surface area contributed by atoms with Crippen LogP contribution < -0.4 is 14.9 Å². The zero-order valence-corrected chi connectivity index (χ0v) is 12.9. The first-order chi connectivity index (χ1) is 10.7. The van der Waals surface area contributed by atoms with Gasteiger partial charge in [-0.3, -0.25) is 9.69 Å². The molecule has 1 aliphatic heterocycles. The van der Waals surface area contributed by atoms with E-state index in [0.717, 1.165) is 18.7 Å². The molecule has 0 aliphatic carbocycles. The lowest BCUT2D eigenvalue weighted by Crippen LogP contribution is -2.42. The molecular weight excluding hydrogens is 286 g/mol. The van der Waals surface area contributed by atoms with Crippen LogP contribution in [0.5, 0.6) is 11.5 Å². The number of ether oxygens (including phenoxy) is 3. The molecule has 0 radical (unpaired) electrons. The number of nitrogens with zero attached hydrogens (tertiary/aromatic N) is 2. The van der Waals surface area contributed by atoms with Crippen molar-refractivity contribution in [1.82, 2.24) is 10.3 Å². The van der Waals surface area contributed by atoms with E-state index in [-0.39, 0.29) is 5.91 Å². The van der Waals surface area contributed by atoms with Gasteiger partial charge in [-0.1, -0.05) is 0 Å². The van der Waals surface area contributed by atoms with E-state index >= 15 is 0 Å². The Morgan fingerprint density at radius 3 is 2.82 bits per heavy atom. The minimum atomic E-state index is -0.153. The maximum Gasteiger partial charge on any atom is 0.254 e. The Hall–Kier alpha value is -2.12. The molecule has 0 bridgehead atoms. The number of nitrogens with one attached hydrogen (secondary N) is 1. The Bertz CT molecular complexity index is 528. The zero-order valence-electron chi connectivity index (χ0n) is 12.9. The van der Waals surface area contributed by atoms with Crippen molar-refractivity contribution in [1.29, 1.82) is 0 Å². The Morgan fingerprint density at radius 1 is 1.36 bits per heavy atom. The minimum absolute atomic E-state index is 0.153. The van der Waals surface area contributed by atoms with E-state index in [1.165, 1.54) is 0 Å². The summed E-state index contributed by atoms with van der Waals surface area (Å²) in [7, 11) is 3.17. The van der Waals surface area contributed by atoms with Gasteiger partial charge in [-0.15, -0.1) is 0 Å². The summed E-state index contributed by atoms with van der Waals surface area (Å²) in [5.74, 6) is 1.20. The highest BCUT2D eigenvalue weighted by Crippen LogP contribution is 2.22. The first-order valence-corrected chi connectivity index (χ1v) is 7.07. The molecule has 1 fully saturated rings. The van der Waals surface area contributed by atoms with Crippen molar-refractivity contribution in [2.45, 2.75) is 0 Å². The van der Waals surface area contributed by atoms with Crippen molar-refractivity contribution in [3.63, 3.8) is 0 Å². The van der Waals surface area contributed by atoms with E-state index in [1.807, 2.05) is 4.90 Å². The SMILES string of the molecule is COc1ccc(OC)c(/C=N\NC(=O)CN2CCOCC2)c1. The third-order valence-electron chi connectivity index (χ3n) is 3.30. The number of hydrogen-bond donors (Lipinski definition) is 1. The molecule has 0 saturated carbocycles. The maximum atomic E-state index is 11.8. The van der Waals surface area contributed by atoms with Crippen LogP contribution in [-0.2, 0) is 9.53 Å². The van der Waals surface area contributed by atoms with Crippen LogP contribution in [0.2, 0.25) is 0 Å². The molecule has 1 amide bonds. The number of carbonyl (C=O) groups excluding carboxylic acids is 1. The number of morpholine rings is 1. The van der Waals surface area contributed by atoms with Gasteiger partial charge >= 0.3 is 0 Å². The molecule has 0 aromatic heterocycles. The minimum Gasteiger partial charge on any atom is -0.497 e. The fraction of sp³-hybridized carbons (Fsp3) is 0.467. The Morgan fingerprint density at radius 2 is 2.14 bits per heavy atom. The monoisotopic (exact) mass is 307 g/mol. The Kier molecular flexibility index (Phi) is 6.17. The predicted octanol–water partition coefficient (Wildman–Crippen LogP) is 0.486. The molecule has 0 atom stereocenters. The van der Waals surface area contributed by atoms with Gasteiger partial charge in [0.1, 0.15) is 11.5 Å². The van der Waals surface area contributed by atoms with Crippen molar-refractivity contribution in [3.8, 4) is 11.5 Å². The topological polar surface area (TPSA) is 72.4 Å². The van der Waals surface area contributed by atoms with Crippen LogP contribution in [0.3, 0.4) is 0 Å². The maximum absolute atomic E-state index is 11.8. The van der Waals surface area contributed by atoms with Gasteiger partial charge in [0.25, 0.3) is 5.91 Å². The molecule has 1 saturated heterocycles. The largest absolute Gasteiger partial charge is 0.497 e. The molecule has 0 unspecified atom stereocenters. The van der Waals surface area contributed by atoms with E-state index in [0.29, 0.717) is 31.3 Å². The van der Waals surface area contributed by atoms with Crippen LogP contribution in [0.25, 0.3) is 0 Å². The van der Waals surface area contributed by atoms with Gasteiger partial charge in [0.15, 0.2) is 0 Å². The fourth-order valence-corrected chi connectivity index (χ4v) is 2.11. The zero-order chi connectivity index (χ0) is 15.8. The summed E-state index contributed by atoms with van der Waals surface area (Å²) >= 11 is 0. The van der Waals surface area contributed by atoms with Crippen LogP contribution >= 0.6 is 0 Å². The molecular formula is C15H21N3O4. The summed E-state index contributed by atoms with van der Waals surface area (Å²) in [5.41, 5.74) is 3.25. The number of rotatable bonds is 6. The highest BCUT2D eigenvalue weighted by Gasteiger charge is 2.13. The summed E-state index contributed by atoms with van der Waals surface area (Å²) in [4.78, 5) is 13.8. The molecule has 1 aromatic rings. The van der Waals surface area contributed by atoms with Crippen LogP contribution in [0.15, 0.2) is 23.3 Å². The number of hydrogen-bond acceptors (Lipinski definition) is 6. The fourth-order valence-electron chi connectivity index (χ4n) is 2.11. The number of hydrazone groups is 1. The lowest BCUT2D eigenvalue weighted by Gasteiger charge is -2.25. The highest BCUT2D eigenvalue weighted by atomic mass is 16.5. The van der Waals surface area contributed by atoms with E-state index in [2.05, 4.69) is 10.5 Å². The number of benzene rings is 1. The Balaban J connectivity index is 1.89. The molecule has 1 aromatic carbocycles. The summed E-state index contributed by atoms with van der Waals surface area (Å²) < 4.78 is 15.6. The molecule has 1 N–H and O–H groups in total. The van der Waals surface area contributed by atoms with Crippen LogP contribution in [0, 0.1) is 0 Å². The molecule has 120 valence electrons. The summed E-state index contributed by atoms with van der Waals surface area (Å²) in [5, 5.41) is 3.97. The average molecular weight is 307 g/mol.